The highest BCUT2D eigenvalue weighted by atomic mass is 16.5. The minimum Gasteiger partial charge on any atom is -0.465 e. The second kappa shape index (κ2) is 7.72. The first-order valence-corrected chi connectivity index (χ1v) is 9.33. The zero-order chi connectivity index (χ0) is 19.5. The van der Waals surface area contributed by atoms with Crippen molar-refractivity contribution in [3.8, 4) is 0 Å². The van der Waals surface area contributed by atoms with E-state index in [1.807, 2.05) is 29.2 Å². The summed E-state index contributed by atoms with van der Waals surface area (Å²) >= 11 is 0. The van der Waals surface area contributed by atoms with E-state index < -0.39 is 5.97 Å². The first-order chi connectivity index (χ1) is 13.6. The lowest BCUT2D eigenvalue weighted by atomic mass is 9.97. The minimum absolute atomic E-state index is 0.147. The number of rotatable bonds is 3. The van der Waals surface area contributed by atoms with Crippen molar-refractivity contribution in [3.05, 3.63) is 59.9 Å². The van der Waals surface area contributed by atoms with Crippen molar-refractivity contribution in [2.75, 3.05) is 25.5 Å². The van der Waals surface area contributed by atoms with Gasteiger partial charge in [0, 0.05) is 24.7 Å². The molecule has 7 heteroatoms. The number of hydrogen-bond donors (Lipinski definition) is 2. The lowest BCUT2D eigenvalue weighted by Gasteiger charge is -2.31. The lowest BCUT2D eigenvalue weighted by Crippen LogP contribution is -2.41. The first kappa shape index (κ1) is 18.0. The Hall–Kier alpha value is -3.35. The van der Waals surface area contributed by atoms with Gasteiger partial charge in [-0.2, -0.15) is 0 Å². The number of piperidine rings is 1. The molecule has 7 nitrogen and oxygen atoms in total. The van der Waals surface area contributed by atoms with Gasteiger partial charge in [-0.05, 0) is 49.2 Å². The molecule has 1 saturated heterocycles. The summed E-state index contributed by atoms with van der Waals surface area (Å²) in [6.45, 7) is 1.33. The SMILES string of the molecule is COC(=O)c1ccc(NC(=O)N2CCC[C@@H](c3nc4ccccc4[nH]3)C2)cc1. The Kier molecular flexibility index (Phi) is 4.97. The Morgan fingerprint density at radius 3 is 2.71 bits per heavy atom. The number of urea groups is 1. The van der Waals surface area contributed by atoms with Gasteiger partial charge in [-0.25, -0.2) is 14.6 Å². The van der Waals surface area contributed by atoms with Gasteiger partial charge in [0.1, 0.15) is 5.82 Å². The van der Waals surface area contributed by atoms with Crippen LogP contribution in [-0.4, -0.2) is 47.1 Å². The van der Waals surface area contributed by atoms with Gasteiger partial charge in [0.25, 0.3) is 0 Å². The second-order valence-electron chi connectivity index (χ2n) is 6.92. The molecular weight excluding hydrogens is 356 g/mol. The average Bonchev–Trinajstić information content (AvgIpc) is 3.18. The number of methoxy groups -OCH3 is 1. The fraction of sp³-hybridized carbons (Fsp3) is 0.286. The molecule has 28 heavy (non-hydrogen) atoms. The van der Waals surface area contributed by atoms with E-state index in [0.29, 0.717) is 24.3 Å². The molecule has 2 amide bonds. The summed E-state index contributed by atoms with van der Waals surface area (Å²) in [5.41, 5.74) is 3.06. The maximum absolute atomic E-state index is 12.7. The molecule has 144 valence electrons. The molecule has 1 atom stereocenters. The van der Waals surface area contributed by atoms with Crippen molar-refractivity contribution in [1.82, 2.24) is 14.9 Å². The monoisotopic (exact) mass is 378 g/mol. The van der Waals surface area contributed by atoms with Gasteiger partial charge in [-0.1, -0.05) is 12.1 Å². The molecule has 1 aliphatic heterocycles. The molecule has 3 aromatic rings. The normalized spacial score (nSPS) is 16.8. The van der Waals surface area contributed by atoms with E-state index in [1.54, 1.807) is 24.3 Å². The van der Waals surface area contributed by atoms with Crippen LogP contribution in [0.5, 0.6) is 0 Å². The summed E-state index contributed by atoms with van der Waals surface area (Å²) in [4.78, 5) is 34.1. The third kappa shape index (κ3) is 3.69. The highest BCUT2D eigenvalue weighted by Crippen LogP contribution is 2.27. The van der Waals surface area contributed by atoms with Gasteiger partial charge in [0.05, 0.1) is 23.7 Å². The summed E-state index contributed by atoms with van der Waals surface area (Å²) in [5, 5.41) is 2.90. The number of ether oxygens (including phenoxy) is 1. The van der Waals surface area contributed by atoms with E-state index in [4.69, 9.17) is 4.98 Å². The molecular formula is C21H22N4O3. The van der Waals surface area contributed by atoms with Gasteiger partial charge in [-0.15, -0.1) is 0 Å². The van der Waals surface area contributed by atoms with Crippen LogP contribution >= 0.6 is 0 Å². The molecule has 2 N–H and O–H groups in total. The largest absolute Gasteiger partial charge is 0.465 e. The number of nitrogens with one attached hydrogen (secondary N) is 2. The van der Waals surface area contributed by atoms with E-state index in [-0.39, 0.29) is 11.9 Å². The van der Waals surface area contributed by atoms with E-state index in [2.05, 4.69) is 15.0 Å². The van der Waals surface area contributed by atoms with Gasteiger partial charge in [-0.3, -0.25) is 0 Å². The van der Waals surface area contributed by atoms with Crippen LogP contribution in [-0.2, 0) is 4.74 Å². The van der Waals surface area contributed by atoms with Gasteiger partial charge in [0.2, 0.25) is 0 Å². The van der Waals surface area contributed by atoms with Crippen molar-refractivity contribution in [2.45, 2.75) is 18.8 Å². The number of likely N-dealkylation sites (tertiary alicyclic amines) is 1. The Bertz CT molecular complexity index is 963. The number of imidazole rings is 1. The van der Waals surface area contributed by atoms with Crippen molar-refractivity contribution >= 4 is 28.7 Å². The Labute approximate surface area is 162 Å². The topological polar surface area (TPSA) is 87.3 Å². The van der Waals surface area contributed by atoms with Crippen LogP contribution in [0.3, 0.4) is 0 Å². The molecule has 2 heterocycles. The number of aromatic amines is 1. The van der Waals surface area contributed by atoms with E-state index in [1.165, 1.54) is 7.11 Å². The van der Waals surface area contributed by atoms with Crippen LogP contribution in [0, 0.1) is 0 Å². The fourth-order valence-electron chi connectivity index (χ4n) is 3.56. The number of carbonyl (C=O) groups excluding carboxylic acids is 2. The second-order valence-corrected chi connectivity index (χ2v) is 6.92. The van der Waals surface area contributed by atoms with Crippen molar-refractivity contribution in [2.24, 2.45) is 0 Å². The number of anilines is 1. The van der Waals surface area contributed by atoms with Crippen molar-refractivity contribution in [3.63, 3.8) is 0 Å². The minimum atomic E-state index is -0.400. The number of amides is 2. The summed E-state index contributed by atoms with van der Waals surface area (Å²) in [6.07, 6.45) is 1.92. The van der Waals surface area contributed by atoms with Crippen LogP contribution in [0.15, 0.2) is 48.5 Å². The highest BCUT2D eigenvalue weighted by Gasteiger charge is 2.26. The Morgan fingerprint density at radius 1 is 1.18 bits per heavy atom. The fourth-order valence-corrected chi connectivity index (χ4v) is 3.56. The molecule has 0 bridgehead atoms. The average molecular weight is 378 g/mol. The molecule has 2 aromatic carbocycles. The maximum Gasteiger partial charge on any atom is 0.337 e. The van der Waals surface area contributed by atoms with Crippen LogP contribution in [0.1, 0.15) is 34.9 Å². The molecule has 4 rings (SSSR count). The summed E-state index contributed by atoms with van der Waals surface area (Å²) in [5.74, 6) is 0.720. The van der Waals surface area contributed by atoms with Crippen LogP contribution in [0.25, 0.3) is 11.0 Å². The van der Waals surface area contributed by atoms with Crippen LogP contribution in [0.2, 0.25) is 0 Å². The number of para-hydroxylation sites is 2. The van der Waals surface area contributed by atoms with Gasteiger partial charge < -0.3 is 19.9 Å². The zero-order valence-corrected chi connectivity index (χ0v) is 15.6. The number of hydrogen-bond acceptors (Lipinski definition) is 4. The summed E-state index contributed by atoms with van der Waals surface area (Å²) in [7, 11) is 1.34. The molecule has 1 aliphatic rings. The number of nitrogens with zero attached hydrogens (tertiary/aromatic N) is 2. The number of esters is 1. The van der Waals surface area contributed by atoms with Crippen molar-refractivity contribution < 1.29 is 14.3 Å². The predicted octanol–water partition coefficient (Wildman–Crippen LogP) is 3.76. The van der Waals surface area contributed by atoms with E-state index >= 15 is 0 Å². The summed E-state index contributed by atoms with van der Waals surface area (Å²) < 4.78 is 4.68. The van der Waals surface area contributed by atoms with Crippen molar-refractivity contribution in [1.29, 1.82) is 0 Å². The predicted molar refractivity (Wildman–Crippen MR) is 106 cm³/mol. The molecule has 1 fully saturated rings. The summed E-state index contributed by atoms with van der Waals surface area (Å²) in [6, 6.07) is 14.5. The third-order valence-electron chi connectivity index (χ3n) is 5.06. The van der Waals surface area contributed by atoms with Crippen LogP contribution in [0.4, 0.5) is 10.5 Å². The van der Waals surface area contributed by atoms with Gasteiger partial charge in [0.15, 0.2) is 0 Å². The quantitative estimate of drug-likeness (QED) is 0.680. The maximum atomic E-state index is 12.7. The Balaban J connectivity index is 1.42. The zero-order valence-electron chi connectivity index (χ0n) is 15.6. The number of H-pyrrole nitrogens is 1. The standard InChI is InChI=1S/C21H22N4O3/c1-28-20(26)14-8-10-16(11-9-14)22-21(27)25-12-4-5-15(13-25)19-23-17-6-2-3-7-18(17)24-19/h2-3,6-11,15H,4-5,12-13H2,1H3,(H,22,27)(H,23,24)/t15-/m1/s1. The van der Waals surface area contributed by atoms with E-state index in [0.717, 1.165) is 29.7 Å². The Morgan fingerprint density at radius 2 is 1.96 bits per heavy atom. The number of aromatic nitrogens is 2. The smallest absolute Gasteiger partial charge is 0.337 e. The van der Waals surface area contributed by atoms with Crippen LogP contribution < -0.4 is 5.32 Å². The number of carbonyl (C=O) groups is 2. The lowest BCUT2D eigenvalue weighted by molar-refractivity contribution is 0.0600. The molecule has 0 saturated carbocycles. The van der Waals surface area contributed by atoms with Gasteiger partial charge >= 0.3 is 12.0 Å². The molecule has 0 spiro atoms. The molecule has 1 aromatic heterocycles. The third-order valence-corrected chi connectivity index (χ3v) is 5.06. The highest BCUT2D eigenvalue weighted by molar-refractivity contribution is 5.92. The molecule has 0 radical (unpaired) electrons. The molecule has 0 unspecified atom stereocenters. The van der Waals surface area contributed by atoms with E-state index in [9.17, 15) is 9.59 Å². The molecule has 0 aliphatic carbocycles. The number of fused-ring (bicyclic) bond motifs is 1. The number of benzene rings is 2. The first-order valence-electron chi connectivity index (χ1n) is 9.33.